The summed E-state index contributed by atoms with van der Waals surface area (Å²) in [6.07, 6.45) is 5.46. The Morgan fingerprint density at radius 1 is 1.06 bits per heavy atom. The van der Waals surface area contributed by atoms with Gasteiger partial charge in [0.15, 0.2) is 0 Å². The van der Waals surface area contributed by atoms with Crippen LogP contribution in [-0.2, 0) is 0 Å². The lowest BCUT2D eigenvalue weighted by molar-refractivity contribution is 0.463. The molecule has 0 saturated heterocycles. The van der Waals surface area contributed by atoms with Crippen molar-refractivity contribution >= 4 is 0 Å². The molecular weight excluding hydrogens is 208 g/mol. The lowest BCUT2D eigenvalue weighted by Crippen LogP contribution is -2.14. The van der Waals surface area contributed by atoms with E-state index in [0.29, 0.717) is 17.9 Å². The maximum atomic E-state index is 4.84. The van der Waals surface area contributed by atoms with Crippen LogP contribution < -0.4 is 0 Å². The fourth-order valence-electron chi connectivity index (χ4n) is 3.23. The number of hydrogen-bond acceptors (Lipinski definition) is 1. The number of imidazole rings is 1. The number of rotatable bonds is 3. The summed E-state index contributed by atoms with van der Waals surface area (Å²) in [5, 5.41) is 0. The van der Waals surface area contributed by atoms with Gasteiger partial charge in [-0.3, -0.25) is 0 Å². The van der Waals surface area contributed by atoms with Crippen LogP contribution in [0, 0.1) is 6.92 Å². The average Bonchev–Trinajstić information content (AvgIpc) is 2.82. The van der Waals surface area contributed by atoms with Crippen molar-refractivity contribution in [1.29, 1.82) is 0 Å². The monoisotopic (exact) mass is 234 g/mol. The van der Waals surface area contributed by atoms with Gasteiger partial charge in [0.25, 0.3) is 0 Å². The molecule has 0 spiro atoms. The normalized spacial score (nSPS) is 17.6. The van der Waals surface area contributed by atoms with E-state index in [0.717, 1.165) is 0 Å². The third-order valence-electron chi connectivity index (χ3n) is 3.91. The lowest BCUT2D eigenvalue weighted by Gasteiger charge is -2.22. The molecule has 0 amide bonds. The number of hydrogen-bond donors (Lipinski definition) is 0. The predicted molar refractivity (Wildman–Crippen MR) is 72.6 cm³/mol. The minimum absolute atomic E-state index is 0.529. The van der Waals surface area contributed by atoms with Gasteiger partial charge in [-0.15, -0.1) is 0 Å². The largest absolute Gasteiger partial charge is 0.328 e. The fraction of sp³-hybridized carbons (Fsp3) is 0.800. The Kier molecular flexibility index (Phi) is 3.60. The van der Waals surface area contributed by atoms with Crippen molar-refractivity contribution in [3.05, 3.63) is 17.2 Å². The summed E-state index contributed by atoms with van der Waals surface area (Å²) < 4.78 is 2.58. The molecule has 0 bridgehead atoms. The van der Waals surface area contributed by atoms with Crippen molar-refractivity contribution in [2.75, 3.05) is 0 Å². The molecule has 0 aliphatic heterocycles. The van der Waals surface area contributed by atoms with E-state index in [2.05, 4.69) is 39.2 Å². The van der Waals surface area contributed by atoms with E-state index in [1.165, 1.54) is 42.9 Å². The molecule has 0 unspecified atom stereocenters. The van der Waals surface area contributed by atoms with Gasteiger partial charge in [0.2, 0.25) is 0 Å². The maximum absolute atomic E-state index is 4.84. The summed E-state index contributed by atoms with van der Waals surface area (Å²) in [6, 6.07) is 0.714. The van der Waals surface area contributed by atoms with Crippen molar-refractivity contribution in [2.45, 2.75) is 78.2 Å². The van der Waals surface area contributed by atoms with E-state index in [1.807, 2.05) is 0 Å². The van der Waals surface area contributed by atoms with E-state index in [4.69, 9.17) is 4.98 Å². The van der Waals surface area contributed by atoms with E-state index >= 15 is 0 Å². The van der Waals surface area contributed by atoms with Crippen LogP contribution in [0.25, 0.3) is 0 Å². The molecule has 2 heteroatoms. The summed E-state index contributed by atoms with van der Waals surface area (Å²) in [6.45, 7) is 11.3. The number of aromatic nitrogens is 2. The highest BCUT2D eigenvalue weighted by atomic mass is 15.1. The first-order valence-corrected chi connectivity index (χ1v) is 7.11. The molecule has 1 aliphatic rings. The van der Waals surface area contributed by atoms with Gasteiger partial charge < -0.3 is 4.57 Å². The minimum Gasteiger partial charge on any atom is -0.328 e. The van der Waals surface area contributed by atoms with E-state index in [-0.39, 0.29) is 0 Å². The first kappa shape index (κ1) is 12.7. The molecule has 0 aromatic carbocycles. The third kappa shape index (κ3) is 2.27. The Labute approximate surface area is 105 Å². The molecule has 1 aliphatic carbocycles. The van der Waals surface area contributed by atoms with Crippen LogP contribution in [0.1, 0.15) is 88.5 Å². The average molecular weight is 234 g/mol. The van der Waals surface area contributed by atoms with Crippen LogP contribution in [0.15, 0.2) is 0 Å². The van der Waals surface area contributed by atoms with Crippen LogP contribution >= 0.6 is 0 Å². The first-order chi connectivity index (χ1) is 8.02. The number of nitrogens with zero attached hydrogens (tertiary/aromatic N) is 2. The molecule has 17 heavy (non-hydrogen) atoms. The smallest absolute Gasteiger partial charge is 0.112 e. The van der Waals surface area contributed by atoms with Crippen molar-refractivity contribution in [3.63, 3.8) is 0 Å². The van der Waals surface area contributed by atoms with Gasteiger partial charge in [-0.05, 0) is 25.7 Å². The molecule has 1 aromatic rings. The summed E-state index contributed by atoms with van der Waals surface area (Å²) >= 11 is 0. The third-order valence-corrected chi connectivity index (χ3v) is 3.91. The fourth-order valence-corrected chi connectivity index (χ4v) is 3.23. The van der Waals surface area contributed by atoms with Crippen molar-refractivity contribution < 1.29 is 0 Å². The summed E-state index contributed by atoms with van der Waals surface area (Å²) in [7, 11) is 0. The van der Waals surface area contributed by atoms with Crippen LogP contribution in [0.3, 0.4) is 0 Å². The molecule has 2 rings (SSSR count). The van der Waals surface area contributed by atoms with E-state index < -0.39 is 0 Å². The van der Waals surface area contributed by atoms with E-state index in [1.54, 1.807) is 0 Å². The van der Waals surface area contributed by atoms with Gasteiger partial charge in [0, 0.05) is 17.7 Å². The van der Waals surface area contributed by atoms with Gasteiger partial charge >= 0.3 is 0 Å². The highest BCUT2D eigenvalue weighted by Gasteiger charge is 2.26. The molecule has 0 radical (unpaired) electrons. The van der Waals surface area contributed by atoms with Crippen LogP contribution in [0.2, 0.25) is 0 Å². The molecule has 1 aromatic heterocycles. The Morgan fingerprint density at radius 2 is 1.65 bits per heavy atom. The second-order valence-corrected chi connectivity index (χ2v) is 6.06. The minimum atomic E-state index is 0.529. The molecule has 0 N–H and O–H groups in total. The second kappa shape index (κ2) is 4.83. The molecule has 1 saturated carbocycles. The van der Waals surface area contributed by atoms with Gasteiger partial charge in [0.1, 0.15) is 5.82 Å². The Hall–Kier alpha value is -0.790. The topological polar surface area (TPSA) is 17.8 Å². The van der Waals surface area contributed by atoms with Crippen LogP contribution in [0.5, 0.6) is 0 Å². The predicted octanol–water partition coefficient (Wildman–Crippen LogP) is 4.55. The van der Waals surface area contributed by atoms with Gasteiger partial charge in [0.05, 0.1) is 5.69 Å². The Balaban J connectivity index is 2.50. The highest BCUT2D eigenvalue weighted by molar-refractivity contribution is 5.22. The van der Waals surface area contributed by atoms with Crippen LogP contribution in [-0.4, -0.2) is 9.55 Å². The number of aryl methyl sites for hydroxylation is 1. The molecule has 1 heterocycles. The quantitative estimate of drug-likeness (QED) is 0.750. The summed E-state index contributed by atoms with van der Waals surface area (Å²) in [5.74, 6) is 2.41. The lowest BCUT2D eigenvalue weighted by atomic mass is 10.1. The van der Waals surface area contributed by atoms with Crippen molar-refractivity contribution in [2.24, 2.45) is 0 Å². The molecule has 96 valence electrons. The zero-order valence-electron chi connectivity index (χ0n) is 12.0. The van der Waals surface area contributed by atoms with E-state index in [9.17, 15) is 0 Å². The zero-order valence-corrected chi connectivity index (χ0v) is 12.0. The van der Waals surface area contributed by atoms with Gasteiger partial charge in [-0.2, -0.15) is 0 Å². The molecule has 1 fully saturated rings. The Bertz CT molecular complexity index is 382. The summed E-state index contributed by atoms with van der Waals surface area (Å²) in [4.78, 5) is 4.84. The first-order valence-electron chi connectivity index (χ1n) is 7.11. The van der Waals surface area contributed by atoms with Crippen molar-refractivity contribution in [1.82, 2.24) is 9.55 Å². The zero-order chi connectivity index (χ0) is 12.6. The SMILES string of the molecule is Cc1nc(C(C)C)n(C2CCCC2)c1C(C)C. The standard InChI is InChI=1S/C15H26N2/c1-10(2)14-12(5)16-15(11(3)4)17(14)13-8-6-7-9-13/h10-11,13H,6-9H2,1-5H3. The van der Waals surface area contributed by atoms with Crippen LogP contribution in [0.4, 0.5) is 0 Å². The van der Waals surface area contributed by atoms with Crippen molar-refractivity contribution in [3.8, 4) is 0 Å². The molecule has 2 nitrogen and oxygen atoms in total. The molecule has 0 atom stereocenters. The Morgan fingerprint density at radius 3 is 2.12 bits per heavy atom. The summed E-state index contributed by atoms with van der Waals surface area (Å²) in [5.41, 5.74) is 2.72. The molecular formula is C15H26N2. The maximum Gasteiger partial charge on any atom is 0.112 e. The second-order valence-electron chi connectivity index (χ2n) is 6.06. The highest BCUT2D eigenvalue weighted by Crippen LogP contribution is 2.36. The van der Waals surface area contributed by atoms with Gasteiger partial charge in [-0.1, -0.05) is 40.5 Å². The van der Waals surface area contributed by atoms with Gasteiger partial charge in [-0.25, -0.2) is 4.98 Å².